The van der Waals surface area contributed by atoms with Crippen LogP contribution in [0.5, 0.6) is 5.75 Å². The monoisotopic (exact) mass is 276 g/mol. The molecule has 4 heteroatoms. The highest BCUT2D eigenvalue weighted by atomic mass is 16.5. The zero-order valence-electron chi connectivity index (χ0n) is 12.0. The van der Waals surface area contributed by atoms with Crippen LogP contribution in [0.2, 0.25) is 0 Å². The van der Waals surface area contributed by atoms with E-state index in [0.29, 0.717) is 6.04 Å². The predicted octanol–water partition coefficient (Wildman–Crippen LogP) is 2.29. The summed E-state index contributed by atoms with van der Waals surface area (Å²) in [5, 5.41) is 0. The van der Waals surface area contributed by atoms with Crippen molar-refractivity contribution in [2.75, 3.05) is 32.0 Å². The van der Waals surface area contributed by atoms with Gasteiger partial charge < -0.3 is 15.2 Å². The number of hydrogen-bond donors (Lipinski definition) is 1. The summed E-state index contributed by atoms with van der Waals surface area (Å²) in [6.07, 6.45) is 5.21. The van der Waals surface area contributed by atoms with Crippen LogP contribution >= 0.6 is 0 Å². The number of morpholine rings is 1. The van der Waals surface area contributed by atoms with Crippen molar-refractivity contribution in [1.29, 1.82) is 0 Å². The molecule has 0 radical (unpaired) electrons. The van der Waals surface area contributed by atoms with Crippen molar-refractivity contribution in [3.05, 3.63) is 24.3 Å². The molecule has 2 atom stereocenters. The van der Waals surface area contributed by atoms with E-state index in [-0.39, 0.29) is 6.10 Å². The molecule has 3 rings (SSSR count). The molecule has 1 saturated heterocycles. The highest BCUT2D eigenvalue weighted by Crippen LogP contribution is 2.28. The molecular formula is C16H24N2O2. The van der Waals surface area contributed by atoms with Crippen LogP contribution in [-0.4, -0.2) is 43.3 Å². The molecule has 1 aromatic carbocycles. The Hall–Kier alpha value is -1.26. The van der Waals surface area contributed by atoms with E-state index in [1.165, 1.54) is 19.3 Å². The molecule has 110 valence electrons. The zero-order chi connectivity index (χ0) is 13.8. The first-order valence-electron chi connectivity index (χ1n) is 7.67. The molecule has 1 heterocycles. The van der Waals surface area contributed by atoms with Crippen molar-refractivity contribution in [1.82, 2.24) is 4.90 Å². The van der Waals surface area contributed by atoms with Gasteiger partial charge in [0.2, 0.25) is 0 Å². The maximum Gasteiger partial charge on any atom is 0.121 e. The maximum atomic E-state index is 6.24. The lowest BCUT2D eigenvalue weighted by atomic mass is 9.91. The minimum absolute atomic E-state index is 0.281. The molecule has 2 N–H and O–H groups in total. The lowest BCUT2D eigenvalue weighted by Gasteiger charge is -2.41. The molecule has 2 fully saturated rings. The first-order valence-corrected chi connectivity index (χ1v) is 7.67. The molecule has 1 aliphatic heterocycles. The molecule has 0 bridgehead atoms. The Kier molecular flexibility index (Phi) is 4.43. The van der Waals surface area contributed by atoms with Crippen LogP contribution in [0.4, 0.5) is 5.69 Å². The Morgan fingerprint density at radius 1 is 1.15 bits per heavy atom. The van der Waals surface area contributed by atoms with Gasteiger partial charge in [-0.1, -0.05) is 12.5 Å². The van der Waals surface area contributed by atoms with Gasteiger partial charge in [0.05, 0.1) is 13.2 Å². The maximum absolute atomic E-state index is 6.24. The summed E-state index contributed by atoms with van der Waals surface area (Å²) < 4.78 is 11.7. The van der Waals surface area contributed by atoms with Gasteiger partial charge in [0.1, 0.15) is 11.9 Å². The van der Waals surface area contributed by atoms with E-state index < -0.39 is 0 Å². The fourth-order valence-corrected chi connectivity index (χ4v) is 3.30. The first kappa shape index (κ1) is 13.7. The minimum Gasteiger partial charge on any atom is -0.489 e. The van der Waals surface area contributed by atoms with E-state index in [0.717, 1.165) is 44.2 Å². The lowest BCUT2D eigenvalue weighted by Crippen LogP contribution is -2.52. The molecule has 0 amide bonds. The van der Waals surface area contributed by atoms with Crippen LogP contribution < -0.4 is 10.5 Å². The normalized spacial score (nSPS) is 28.2. The fraction of sp³-hybridized carbons (Fsp3) is 0.625. The van der Waals surface area contributed by atoms with Crippen LogP contribution in [0, 0.1) is 0 Å². The predicted molar refractivity (Wildman–Crippen MR) is 79.9 cm³/mol. The summed E-state index contributed by atoms with van der Waals surface area (Å²) in [4.78, 5) is 2.54. The van der Waals surface area contributed by atoms with Gasteiger partial charge in [-0.05, 0) is 31.4 Å². The summed E-state index contributed by atoms with van der Waals surface area (Å²) >= 11 is 0. The van der Waals surface area contributed by atoms with Gasteiger partial charge in [-0.15, -0.1) is 0 Å². The Labute approximate surface area is 120 Å². The third-order valence-electron chi connectivity index (χ3n) is 4.33. The second kappa shape index (κ2) is 6.46. The van der Waals surface area contributed by atoms with Crippen molar-refractivity contribution in [3.8, 4) is 5.75 Å². The fourth-order valence-electron chi connectivity index (χ4n) is 3.30. The number of nitrogens with zero attached hydrogens (tertiary/aromatic N) is 1. The standard InChI is InChI=1S/C16H24N2O2/c17-13-4-3-5-14(12-13)20-16-7-2-1-6-15(16)18-8-10-19-11-9-18/h3-5,12,15-16H,1-2,6-11,17H2. The summed E-state index contributed by atoms with van der Waals surface area (Å²) in [6, 6.07) is 8.30. The highest BCUT2D eigenvalue weighted by Gasteiger charge is 2.32. The number of nitrogens with two attached hydrogens (primary N) is 1. The summed E-state index contributed by atoms with van der Waals surface area (Å²) in [5.41, 5.74) is 6.60. The van der Waals surface area contributed by atoms with Crippen molar-refractivity contribution in [3.63, 3.8) is 0 Å². The Balaban J connectivity index is 1.68. The smallest absolute Gasteiger partial charge is 0.121 e. The largest absolute Gasteiger partial charge is 0.489 e. The molecule has 1 saturated carbocycles. The number of ether oxygens (including phenoxy) is 2. The van der Waals surface area contributed by atoms with Crippen LogP contribution in [-0.2, 0) is 4.74 Å². The molecular weight excluding hydrogens is 252 g/mol. The van der Waals surface area contributed by atoms with Crippen LogP contribution in [0.15, 0.2) is 24.3 Å². The quantitative estimate of drug-likeness (QED) is 0.861. The Morgan fingerprint density at radius 3 is 2.75 bits per heavy atom. The van der Waals surface area contributed by atoms with E-state index in [4.69, 9.17) is 15.2 Å². The molecule has 1 aromatic rings. The van der Waals surface area contributed by atoms with Gasteiger partial charge in [-0.2, -0.15) is 0 Å². The first-order chi connectivity index (χ1) is 9.83. The topological polar surface area (TPSA) is 47.7 Å². The SMILES string of the molecule is Nc1cccc(OC2CCCCC2N2CCOCC2)c1. The Bertz CT molecular complexity index is 432. The van der Waals surface area contributed by atoms with E-state index >= 15 is 0 Å². The van der Waals surface area contributed by atoms with E-state index in [1.54, 1.807) is 0 Å². The van der Waals surface area contributed by atoms with Crippen LogP contribution in [0.25, 0.3) is 0 Å². The van der Waals surface area contributed by atoms with E-state index in [1.807, 2.05) is 24.3 Å². The average Bonchev–Trinajstić information content (AvgIpc) is 2.49. The summed E-state index contributed by atoms with van der Waals surface area (Å²) in [7, 11) is 0. The van der Waals surface area contributed by atoms with Crippen LogP contribution in [0.3, 0.4) is 0 Å². The molecule has 2 unspecified atom stereocenters. The second-order valence-corrected chi connectivity index (χ2v) is 5.73. The molecule has 20 heavy (non-hydrogen) atoms. The third-order valence-corrected chi connectivity index (χ3v) is 4.33. The van der Waals surface area contributed by atoms with Crippen LogP contribution in [0.1, 0.15) is 25.7 Å². The number of benzene rings is 1. The van der Waals surface area contributed by atoms with Gasteiger partial charge in [-0.3, -0.25) is 4.90 Å². The Morgan fingerprint density at radius 2 is 1.95 bits per heavy atom. The van der Waals surface area contributed by atoms with Gasteiger partial charge in [0, 0.05) is 30.9 Å². The highest BCUT2D eigenvalue weighted by molar-refractivity contribution is 5.43. The lowest BCUT2D eigenvalue weighted by molar-refractivity contribution is -0.0281. The zero-order valence-corrected chi connectivity index (χ0v) is 12.0. The molecule has 0 spiro atoms. The number of rotatable bonds is 3. The van der Waals surface area contributed by atoms with Gasteiger partial charge in [0.25, 0.3) is 0 Å². The van der Waals surface area contributed by atoms with Gasteiger partial charge in [0.15, 0.2) is 0 Å². The molecule has 4 nitrogen and oxygen atoms in total. The van der Waals surface area contributed by atoms with Crippen molar-refractivity contribution < 1.29 is 9.47 Å². The van der Waals surface area contributed by atoms with E-state index in [9.17, 15) is 0 Å². The third kappa shape index (κ3) is 3.25. The number of hydrogen-bond acceptors (Lipinski definition) is 4. The van der Waals surface area contributed by atoms with E-state index in [2.05, 4.69) is 4.90 Å². The summed E-state index contributed by atoms with van der Waals surface area (Å²) in [6.45, 7) is 3.76. The minimum atomic E-state index is 0.281. The second-order valence-electron chi connectivity index (χ2n) is 5.73. The van der Waals surface area contributed by atoms with Gasteiger partial charge >= 0.3 is 0 Å². The molecule has 2 aliphatic rings. The average molecular weight is 276 g/mol. The van der Waals surface area contributed by atoms with Crippen molar-refractivity contribution >= 4 is 5.69 Å². The van der Waals surface area contributed by atoms with Crippen molar-refractivity contribution in [2.45, 2.75) is 37.8 Å². The van der Waals surface area contributed by atoms with Gasteiger partial charge in [-0.25, -0.2) is 0 Å². The number of anilines is 1. The number of nitrogen functional groups attached to an aromatic ring is 1. The van der Waals surface area contributed by atoms with Crippen molar-refractivity contribution in [2.24, 2.45) is 0 Å². The molecule has 0 aromatic heterocycles. The summed E-state index contributed by atoms with van der Waals surface area (Å²) in [5.74, 6) is 0.898. The molecule has 1 aliphatic carbocycles.